The highest BCUT2D eigenvalue weighted by molar-refractivity contribution is 7.80. The van der Waals surface area contributed by atoms with E-state index in [0.717, 1.165) is 11.3 Å². The van der Waals surface area contributed by atoms with Gasteiger partial charge >= 0.3 is 0 Å². The van der Waals surface area contributed by atoms with Crippen molar-refractivity contribution < 1.29 is 4.74 Å². The number of aromatic nitrogens is 2. The molecule has 0 amide bonds. The smallest absolute Gasteiger partial charge is 0.157 e. The van der Waals surface area contributed by atoms with Gasteiger partial charge in [0.2, 0.25) is 0 Å². The lowest BCUT2D eigenvalue weighted by Crippen LogP contribution is -2.00. The van der Waals surface area contributed by atoms with E-state index in [0.29, 0.717) is 12.4 Å². The van der Waals surface area contributed by atoms with E-state index in [4.69, 9.17) is 4.74 Å². The van der Waals surface area contributed by atoms with Crippen molar-refractivity contribution in [3.63, 3.8) is 0 Å². The number of ether oxygens (including phenoxy) is 1. The minimum Gasteiger partial charge on any atom is -0.486 e. The maximum Gasteiger partial charge on any atom is 0.157 e. The van der Waals surface area contributed by atoms with Crippen LogP contribution in [0.3, 0.4) is 0 Å². The Kier molecular flexibility index (Phi) is 3.22. The van der Waals surface area contributed by atoms with Crippen LogP contribution in [-0.2, 0) is 7.05 Å². The fourth-order valence-corrected chi connectivity index (χ4v) is 0.796. The van der Waals surface area contributed by atoms with Crippen LogP contribution >= 0.6 is 12.6 Å². The first-order chi connectivity index (χ1) is 5.72. The molecule has 0 aliphatic rings. The van der Waals surface area contributed by atoms with Crippen LogP contribution in [0.5, 0.6) is 5.75 Å². The summed E-state index contributed by atoms with van der Waals surface area (Å²) in [5, 5.41) is 3.96. The Bertz CT molecular complexity index is 270. The van der Waals surface area contributed by atoms with Crippen molar-refractivity contribution in [3.8, 4) is 5.75 Å². The molecule has 3 nitrogen and oxygen atoms in total. The van der Waals surface area contributed by atoms with Crippen molar-refractivity contribution in [1.82, 2.24) is 9.78 Å². The predicted molar refractivity (Wildman–Crippen MR) is 51.7 cm³/mol. The minimum atomic E-state index is 0.509. The van der Waals surface area contributed by atoms with E-state index in [9.17, 15) is 0 Å². The topological polar surface area (TPSA) is 27.1 Å². The standard InChI is InChI=1S/C8H12N2OS/c1-7(6-12)5-11-8-3-9-10(2)4-8/h3-4,12H,1,5-6H2,2H3. The van der Waals surface area contributed by atoms with E-state index >= 15 is 0 Å². The Morgan fingerprint density at radius 3 is 3.08 bits per heavy atom. The van der Waals surface area contributed by atoms with Gasteiger partial charge in [-0.1, -0.05) is 6.58 Å². The third-order valence-corrected chi connectivity index (χ3v) is 1.79. The maximum atomic E-state index is 5.35. The summed E-state index contributed by atoms with van der Waals surface area (Å²) in [6, 6.07) is 0. The molecule has 1 aromatic rings. The molecule has 0 spiro atoms. The molecule has 0 saturated carbocycles. The van der Waals surface area contributed by atoms with Gasteiger partial charge in [0.1, 0.15) is 6.61 Å². The molecule has 1 rings (SSSR count). The first kappa shape index (κ1) is 9.19. The van der Waals surface area contributed by atoms with Crippen LogP contribution < -0.4 is 4.74 Å². The Morgan fingerprint density at radius 1 is 1.83 bits per heavy atom. The number of rotatable bonds is 4. The number of nitrogens with zero attached hydrogens (tertiary/aromatic N) is 2. The SMILES string of the molecule is C=C(CS)COc1cnn(C)c1. The highest BCUT2D eigenvalue weighted by Gasteiger charge is 1.96. The van der Waals surface area contributed by atoms with Crippen LogP contribution in [-0.4, -0.2) is 22.1 Å². The van der Waals surface area contributed by atoms with Gasteiger partial charge in [-0.2, -0.15) is 17.7 Å². The van der Waals surface area contributed by atoms with Crippen molar-refractivity contribution in [3.05, 3.63) is 24.5 Å². The number of thiol groups is 1. The summed E-state index contributed by atoms with van der Waals surface area (Å²) in [5.41, 5.74) is 0.960. The van der Waals surface area contributed by atoms with Gasteiger partial charge in [-0.25, -0.2) is 0 Å². The molecule has 0 unspecified atom stereocenters. The lowest BCUT2D eigenvalue weighted by molar-refractivity contribution is 0.353. The minimum absolute atomic E-state index is 0.509. The zero-order valence-electron chi connectivity index (χ0n) is 7.03. The van der Waals surface area contributed by atoms with Gasteiger partial charge in [-0.05, 0) is 5.57 Å². The molecule has 0 saturated heterocycles. The van der Waals surface area contributed by atoms with E-state index < -0.39 is 0 Å². The number of aryl methyl sites for hydroxylation is 1. The lowest BCUT2D eigenvalue weighted by Gasteiger charge is -2.02. The third-order valence-electron chi connectivity index (χ3n) is 1.35. The molecule has 0 aliphatic heterocycles. The molecule has 0 aliphatic carbocycles. The van der Waals surface area contributed by atoms with Crippen molar-refractivity contribution in [2.45, 2.75) is 0 Å². The second-order valence-corrected chi connectivity index (χ2v) is 2.86. The van der Waals surface area contributed by atoms with Gasteiger partial charge in [0, 0.05) is 12.8 Å². The normalized spacial score (nSPS) is 9.83. The quantitative estimate of drug-likeness (QED) is 0.564. The van der Waals surface area contributed by atoms with Crippen LogP contribution in [0.1, 0.15) is 0 Å². The number of hydrogen-bond donors (Lipinski definition) is 1. The summed E-state index contributed by atoms with van der Waals surface area (Å²) >= 11 is 4.07. The van der Waals surface area contributed by atoms with Crippen molar-refractivity contribution in [1.29, 1.82) is 0 Å². The van der Waals surface area contributed by atoms with E-state index in [1.54, 1.807) is 10.9 Å². The Morgan fingerprint density at radius 2 is 2.58 bits per heavy atom. The fraction of sp³-hybridized carbons (Fsp3) is 0.375. The molecule has 12 heavy (non-hydrogen) atoms. The molecule has 0 aromatic carbocycles. The van der Waals surface area contributed by atoms with Crippen molar-refractivity contribution in [2.75, 3.05) is 12.4 Å². The predicted octanol–water partition coefficient (Wildman–Crippen LogP) is 1.28. The first-order valence-corrected chi connectivity index (χ1v) is 4.24. The zero-order chi connectivity index (χ0) is 8.97. The van der Waals surface area contributed by atoms with Gasteiger partial charge in [0.25, 0.3) is 0 Å². The van der Waals surface area contributed by atoms with Gasteiger partial charge in [-0.15, -0.1) is 0 Å². The molecule has 0 bridgehead atoms. The Labute approximate surface area is 77.4 Å². The highest BCUT2D eigenvalue weighted by atomic mass is 32.1. The van der Waals surface area contributed by atoms with Crippen molar-refractivity contribution >= 4 is 12.6 Å². The monoisotopic (exact) mass is 184 g/mol. The summed E-state index contributed by atoms with van der Waals surface area (Å²) in [5.74, 6) is 1.42. The van der Waals surface area contributed by atoms with Crippen LogP contribution in [0.2, 0.25) is 0 Å². The lowest BCUT2D eigenvalue weighted by atomic mass is 10.4. The Balaban J connectivity index is 2.38. The maximum absolute atomic E-state index is 5.35. The van der Waals surface area contributed by atoms with Crippen LogP contribution in [0.25, 0.3) is 0 Å². The van der Waals surface area contributed by atoms with E-state index in [2.05, 4.69) is 24.3 Å². The highest BCUT2D eigenvalue weighted by Crippen LogP contribution is 2.08. The second-order valence-electron chi connectivity index (χ2n) is 2.55. The number of hydrogen-bond acceptors (Lipinski definition) is 3. The molecule has 0 N–H and O–H groups in total. The largest absolute Gasteiger partial charge is 0.486 e. The molecular formula is C8H12N2OS. The van der Waals surface area contributed by atoms with Gasteiger partial charge < -0.3 is 4.74 Å². The van der Waals surface area contributed by atoms with Crippen LogP contribution in [0.4, 0.5) is 0 Å². The molecule has 66 valence electrons. The fourth-order valence-electron chi connectivity index (χ4n) is 0.704. The molecule has 4 heteroatoms. The summed E-state index contributed by atoms with van der Waals surface area (Å²) < 4.78 is 7.04. The van der Waals surface area contributed by atoms with Crippen LogP contribution in [0, 0.1) is 0 Å². The van der Waals surface area contributed by atoms with Gasteiger partial charge in [0.05, 0.1) is 12.4 Å². The zero-order valence-corrected chi connectivity index (χ0v) is 7.92. The molecule has 1 heterocycles. The second kappa shape index (κ2) is 4.21. The average molecular weight is 184 g/mol. The molecular weight excluding hydrogens is 172 g/mol. The van der Waals surface area contributed by atoms with Crippen molar-refractivity contribution in [2.24, 2.45) is 7.05 Å². The first-order valence-electron chi connectivity index (χ1n) is 3.61. The van der Waals surface area contributed by atoms with E-state index in [1.807, 2.05) is 13.2 Å². The Hall–Kier alpha value is -0.900. The summed E-state index contributed by atoms with van der Waals surface area (Å²) in [6.07, 6.45) is 3.48. The van der Waals surface area contributed by atoms with E-state index in [1.165, 1.54) is 0 Å². The van der Waals surface area contributed by atoms with Gasteiger partial charge in [0.15, 0.2) is 5.75 Å². The molecule has 0 radical (unpaired) electrons. The molecule has 0 fully saturated rings. The summed E-state index contributed by atoms with van der Waals surface area (Å²) in [4.78, 5) is 0. The molecule has 1 aromatic heterocycles. The summed E-state index contributed by atoms with van der Waals surface area (Å²) in [6.45, 7) is 4.28. The third kappa shape index (κ3) is 2.62. The van der Waals surface area contributed by atoms with E-state index in [-0.39, 0.29) is 0 Å². The summed E-state index contributed by atoms with van der Waals surface area (Å²) in [7, 11) is 1.85. The van der Waals surface area contributed by atoms with Gasteiger partial charge in [-0.3, -0.25) is 4.68 Å². The average Bonchev–Trinajstić information content (AvgIpc) is 2.47. The molecule has 0 atom stereocenters. The van der Waals surface area contributed by atoms with Crippen LogP contribution in [0.15, 0.2) is 24.5 Å².